The molecule has 0 aliphatic heterocycles. The number of amides is 1. The first kappa shape index (κ1) is 20.6. The summed E-state index contributed by atoms with van der Waals surface area (Å²) in [6, 6.07) is 11.6. The molecule has 0 aliphatic rings. The molecule has 0 saturated heterocycles. The molecule has 146 valence electrons. The van der Waals surface area contributed by atoms with Gasteiger partial charge in [0, 0.05) is 7.05 Å². The van der Waals surface area contributed by atoms with Crippen LogP contribution in [0.2, 0.25) is 0 Å². The molecule has 8 heteroatoms. The summed E-state index contributed by atoms with van der Waals surface area (Å²) in [4.78, 5) is 12.8. The van der Waals surface area contributed by atoms with E-state index in [9.17, 15) is 13.2 Å². The van der Waals surface area contributed by atoms with E-state index in [0.717, 1.165) is 16.1 Å². The van der Waals surface area contributed by atoms with E-state index >= 15 is 0 Å². The van der Waals surface area contributed by atoms with Gasteiger partial charge in [-0.3, -0.25) is 9.10 Å². The molecule has 1 N–H and O–H groups in total. The molecule has 2 aromatic rings. The zero-order chi connectivity index (χ0) is 20.2. The largest absolute Gasteiger partial charge is 0.493 e. The SMILES string of the molecule is COc1ccc(C(C)NC(=O)c2ccccc2N(C)S(C)(=O)=O)cc1OC. The van der Waals surface area contributed by atoms with E-state index in [0.29, 0.717) is 17.2 Å². The van der Waals surface area contributed by atoms with Crippen LogP contribution < -0.4 is 19.1 Å². The van der Waals surface area contributed by atoms with Crippen molar-refractivity contribution in [2.75, 3.05) is 31.8 Å². The van der Waals surface area contributed by atoms with Gasteiger partial charge in [0.1, 0.15) is 0 Å². The topological polar surface area (TPSA) is 84.9 Å². The Bertz CT molecular complexity index is 927. The number of hydrogen-bond acceptors (Lipinski definition) is 5. The fourth-order valence-corrected chi connectivity index (χ4v) is 3.12. The zero-order valence-corrected chi connectivity index (χ0v) is 16.8. The van der Waals surface area contributed by atoms with Crippen molar-refractivity contribution in [1.29, 1.82) is 0 Å². The van der Waals surface area contributed by atoms with Crippen molar-refractivity contribution in [1.82, 2.24) is 5.32 Å². The molecule has 2 rings (SSSR count). The van der Waals surface area contributed by atoms with Gasteiger partial charge in [-0.25, -0.2) is 8.42 Å². The number of rotatable bonds is 7. The van der Waals surface area contributed by atoms with Crippen LogP contribution in [0.3, 0.4) is 0 Å². The number of methoxy groups -OCH3 is 2. The quantitative estimate of drug-likeness (QED) is 0.783. The molecule has 27 heavy (non-hydrogen) atoms. The minimum atomic E-state index is -3.49. The van der Waals surface area contributed by atoms with E-state index in [4.69, 9.17) is 9.47 Å². The van der Waals surface area contributed by atoms with Crippen molar-refractivity contribution >= 4 is 21.6 Å². The molecule has 0 spiro atoms. The predicted molar refractivity (Wildman–Crippen MR) is 105 cm³/mol. The minimum Gasteiger partial charge on any atom is -0.493 e. The molecule has 1 amide bonds. The number of carbonyl (C=O) groups is 1. The number of nitrogens with one attached hydrogen (secondary N) is 1. The monoisotopic (exact) mass is 392 g/mol. The van der Waals surface area contributed by atoms with Gasteiger partial charge >= 0.3 is 0 Å². The summed E-state index contributed by atoms with van der Waals surface area (Å²) in [5.41, 5.74) is 1.42. The van der Waals surface area contributed by atoms with Gasteiger partial charge in [-0.1, -0.05) is 18.2 Å². The van der Waals surface area contributed by atoms with Crippen LogP contribution in [0.5, 0.6) is 11.5 Å². The summed E-state index contributed by atoms with van der Waals surface area (Å²) in [5.74, 6) is 0.789. The van der Waals surface area contributed by atoms with Gasteiger partial charge in [0.25, 0.3) is 5.91 Å². The molecule has 1 unspecified atom stereocenters. The normalized spacial score (nSPS) is 12.2. The maximum atomic E-state index is 12.8. The van der Waals surface area contributed by atoms with E-state index in [2.05, 4.69) is 5.32 Å². The lowest BCUT2D eigenvalue weighted by molar-refractivity contribution is 0.0940. The number of para-hydroxylation sites is 1. The Morgan fingerprint density at radius 3 is 2.30 bits per heavy atom. The van der Waals surface area contributed by atoms with Crippen LogP contribution in [-0.2, 0) is 10.0 Å². The molecule has 0 fully saturated rings. The molecule has 0 aliphatic carbocycles. The van der Waals surface area contributed by atoms with Crippen molar-refractivity contribution in [2.45, 2.75) is 13.0 Å². The Morgan fingerprint density at radius 2 is 1.70 bits per heavy atom. The molecular formula is C19H24N2O5S. The lowest BCUT2D eigenvalue weighted by Gasteiger charge is -2.21. The molecule has 7 nitrogen and oxygen atoms in total. The molecular weight excluding hydrogens is 368 g/mol. The van der Waals surface area contributed by atoms with Gasteiger partial charge in [0.2, 0.25) is 10.0 Å². The summed E-state index contributed by atoms with van der Waals surface area (Å²) >= 11 is 0. The molecule has 2 aromatic carbocycles. The van der Waals surface area contributed by atoms with Gasteiger partial charge in [0.05, 0.1) is 37.8 Å². The average molecular weight is 392 g/mol. The van der Waals surface area contributed by atoms with Crippen molar-refractivity contribution in [2.24, 2.45) is 0 Å². The van der Waals surface area contributed by atoms with Crippen LogP contribution in [0, 0.1) is 0 Å². The van der Waals surface area contributed by atoms with Gasteiger partial charge in [-0.15, -0.1) is 0 Å². The second-order valence-electron chi connectivity index (χ2n) is 6.06. The van der Waals surface area contributed by atoms with E-state index < -0.39 is 10.0 Å². The predicted octanol–water partition coefficient (Wildman–Crippen LogP) is 2.59. The number of hydrogen-bond donors (Lipinski definition) is 1. The maximum absolute atomic E-state index is 12.8. The second kappa shape index (κ2) is 8.30. The highest BCUT2D eigenvalue weighted by Gasteiger charge is 2.21. The fourth-order valence-electron chi connectivity index (χ4n) is 2.60. The van der Waals surface area contributed by atoms with Crippen LogP contribution in [0.4, 0.5) is 5.69 Å². The van der Waals surface area contributed by atoms with Crippen molar-refractivity contribution in [3.8, 4) is 11.5 Å². The Balaban J connectivity index is 2.28. The fraction of sp³-hybridized carbons (Fsp3) is 0.316. The third kappa shape index (κ3) is 4.71. The average Bonchev–Trinajstić information content (AvgIpc) is 2.65. The smallest absolute Gasteiger partial charge is 0.253 e. The minimum absolute atomic E-state index is 0.276. The summed E-state index contributed by atoms with van der Waals surface area (Å²) < 4.78 is 35.3. The Kier molecular flexibility index (Phi) is 6.32. The van der Waals surface area contributed by atoms with Crippen LogP contribution in [0.15, 0.2) is 42.5 Å². The van der Waals surface area contributed by atoms with Crippen LogP contribution >= 0.6 is 0 Å². The van der Waals surface area contributed by atoms with Gasteiger partial charge < -0.3 is 14.8 Å². The highest BCUT2D eigenvalue weighted by Crippen LogP contribution is 2.30. The summed E-state index contributed by atoms with van der Waals surface area (Å²) in [5, 5.41) is 2.89. The lowest BCUT2D eigenvalue weighted by Crippen LogP contribution is -2.31. The Morgan fingerprint density at radius 1 is 1.07 bits per heavy atom. The molecule has 0 radical (unpaired) electrons. The number of ether oxygens (including phenoxy) is 2. The van der Waals surface area contributed by atoms with Gasteiger partial charge in [-0.05, 0) is 36.8 Å². The van der Waals surface area contributed by atoms with Crippen LogP contribution in [0.1, 0.15) is 28.9 Å². The third-order valence-electron chi connectivity index (χ3n) is 4.24. The van der Waals surface area contributed by atoms with Gasteiger partial charge in [0.15, 0.2) is 11.5 Å². The van der Waals surface area contributed by atoms with Crippen molar-refractivity contribution in [3.63, 3.8) is 0 Å². The van der Waals surface area contributed by atoms with E-state index in [-0.39, 0.29) is 17.5 Å². The van der Waals surface area contributed by atoms with Crippen molar-refractivity contribution < 1.29 is 22.7 Å². The standard InChI is InChI=1S/C19H24N2O5S/c1-13(14-10-11-17(25-3)18(12-14)26-4)20-19(22)15-8-6-7-9-16(15)21(2)27(5,23)24/h6-13H,1-5H3,(H,20,22). The molecule has 1 atom stereocenters. The Labute approximate surface area is 160 Å². The first-order valence-corrected chi connectivity index (χ1v) is 10.1. The van der Waals surface area contributed by atoms with E-state index in [1.807, 2.05) is 13.0 Å². The number of benzene rings is 2. The number of sulfonamides is 1. The van der Waals surface area contributed by atoms with Crippen molar-refractivity contribution in [3.05, 3.63) is 53.6 Å². The van der Waals surface area contributed by atoms with Gasteiger partial charge in [-0.2, -0.15) is 0 Å². The highest BCUT2D eigenvalue weighted by molar-refractivity contribution is 7.92. The Hall–Kier alpha value is -2.74. The maximum Gasteiger partial charge on any atom is 0.253 e. The highest BCUT2D eigenvalue weighted by atomic mass is 32.2. The first-order chi connectivity index (χ1) is 12.7. The number of carbonyl (C=O) groups excluding carboxylic acids is 1. The number of nitrogens with zero attached hydrogens (tertiary/aromatic N) is 1. The number of anilines is 1. The molecule has 0 aromatic heterocycles. The summed E-state index contributed by atoms with van der Waals surface area (Å²) in [6.45, 7) is 1.84. The van der Waals surface area contributed by atoms with Crippen LogP contribution in [-0.4, -0.2) is 41.8 Å². The summed E-state index contributed by atoms with van der Waals surface area (Å²) in [7, 11) is 1.03. The third-order valence-corrected chi connectivity index (χ3v) is 5.43. The molecule has 0 saturated carbocycles. The second-order valence-corrected chi connectivity index (χ2v) is 8.07. The first-order valence-electron chi connectivity index (χ1n) is 8.24. The van der Waals surface area contributed by atoms with Crippen LogP contribution in [0.25, 0.3) is 0 Å². The summed E-state index contributed by atoms with van der Waals surface area (Å²) in [6.07, 6.45) is 1.09. The molecule has 0 bridgehead atoms. The molecule has 0 heterocycles. The lowest BCUT2D eigenvalue weighted by atomic mass is 10.1. The van der Waals surface area contributed by atoms with E-state index in [1.165, 1.54) is 7.05 Å². The zero-order valence-electron chi connectivity index (χ0n) is 16.0. The van der Waals surface area contributed by atoms with E-state index in [1.54, 1.807) is 50.6 Å².